The van der Waals surface area contributed by atoms with Crippen molar-refractivity contribution in [3.05, 3.63) is 29.3 Å². The second-order valence-corrected chi connectivity index (χ2v) is 7.30. The van der Waals surface area contributed by atoms with Gasteiger partial charge in [0.25, 0.3) is 0 Å². The Labute approximate surface area is 165 Å². The lowest BCUT2D eigenvalue weighted by Crippen LogP contribution is -2.42. The van der Waals surface area contributed by atoms with Gasteiger partial charge in [-0.1, -0.05) is 0 Å². The van der Waals surface area contributed by atoms with Crippen LogP contribution in [0.25, 0.3) is 0 Å². The fraction of sp³-hybridized carbons (Fsp3) is 0.550. The molecule has 28 heavy (non-hydrogen) atoms. The van der Waals surface area contributed by atoms with Crippen LogP contribution in [-0.2, 0) is 14.3 Å². The Morgan fingerprint density at radius 3 is 2.36 bits per heavy atom. The van der Waals surface area contributed by atoms with Gasteiger partial charge in [-0.3, -0.25) is 9.59 Å². The molecular formula is C20H29NO7. The van der Waals surface area contributed by atoms with E-state index in [1.54, 1.807) is 0 Å². The summed E-state index contributed by atoms with van der Waals surface area (Å²) in [5.41, 5.74) is 0.173. The lowest BCUT2D eigenvalue weighted by atomic mass is 10.0. The number of aliphatic hydroxyl groups excluding tert-OH is 1. The number of hydrogen-bond donors (Lipinski definition) is 2. The highest BCUT2D eigenvalue weighted by molar-refractivity contribution is 6.02. The summed E-state index contributed by atoms with van der Waals surface area (Å²) in [6.07, 6.45) is -0.977. The summed E-state index contributed by atoms with van der Waals surface area (Å²) in [5, 5.41) is 13.2. The largest absolute Gasteiger partial charge is 0.490 e. The Hall–Kier alpha value is -2.45. The lowest BCUT2D eigenvalue weighted by molar-refractivity contribution is -0.140. The van der Waals surface area contributed by atoms with Gasteiger partial charge >= 0.3 is 11.9 Å². The molecule has 0 radical (unpaired) electrons. The maximum atomic E-state index is 12.5. The predicted molar refractivity (Wildman–Crippen MR) is 103 cm³/mol. The number of aliphatic hydroxyl groups is 1. The molecule has 0 aliphatic rings. The van der Waals surface area contributed by atoms with Crippen LogP contribution in [0.3, 0.4) is 0 Å². The van der Waals surface area contributed by atoms with Gasteiger partial charge in [0.15, 0.2) is 5.78 Å². The molecule has 0 saturated heterocycles. The number of β-amino-alcohol motifs (C(OH)–C–C–N with tert-alkyl or cyclic N) is 1. The van der Waals surface area contributed by atoms with Crippen molar-refractivity contribution in [2.24, 2.45) is 0 Å². The number of ketones is 1. The molecule has 1 aromatic carbocycles. The zero-order valence-electron chi connectivity index (χ0n) is 17.0. The van der Waals surface area contributed by atoms with E-state index >= 15 is 0 Å². The first-order valence-corrected chi connectivity index (χ1v) is 8.95. The molecule has 0 aliphatic carbocycles. The first-order chi connectivity index (χ1) is 13.1. The summed E-state index contributed by atoms with van der Waals surface area (Å²) in [5.74, 6) is -1.27. The maximum absolute atomic E-state index is 12.5. The first-order valence-electron chi connectivity index (χ1n) is 8.95. The monoisotopic (exact) mass is 395 g/mol. The van der Waals surface area contributed by atoms with E-state index < -0.39 is 18.0 Å². The lowest BCUT2D eigenvalue weighted by Gasteiger charge is -2.23. The molecular weight excluding hydrogens is 366 g/mol. The Kier molecular flexibility index (Phi) is 9.08. The topological polar surface area (TPSA) is 111 Å². The molecule has 0 aliphatic heterocycles. The van der Waals surface area contributed by atoms with Crippen molar-refractivity contribution in [2.45, 2.75) is 45.3 Å². The smallest absolute Gasteiger partial charge is 0.337 e. The van der Waals surface area contributed by atoms with Crippen molar-refractivity contribution in [3.8, 4) is 5.75 Å². The fourth-order valence-corrected chi connectivity index (χ4v) is 2.24. The number of ether oxygens (including phenoxy) is 3. The van der Waals surface area contributed by atoms with Gasteiger partial charge in [0.05, 0.1) is 31.8 Å². The number of esters is 2. The number of rotatable bonds is 10. The summed E-state index contributed by atoms with van der Waals surface area (Å²) >= 11 is 0. The second-order valence-electron chi connectivity index (χ2n) is 7.30. The minimum absolute atomic E-state index is 0.0437. The van der Waals surface area contributed by atoms with Gasteiger partial charge in [0, 0.05) is 18.5 Å². The summed E-state index contributed by atoms with van der Waals surface area (Å²) in [6.45, 7) is 6.20. The third-order valence-corrected chi connectivity index (χ3v) is 3.78. The number of methoxy groups -OCH3 is 2. The van der Waals surface area contributed by atoms with E-state index in [0.717, 1.165) is 0 Å². The molecule has 1 rings (SSSR count). The second kappa shape index (κ2) is 10.8. The van der Waals surface area contributed by atoms with Crippen LogP contribution < -0.4 is 10.1 Å². The van der Waals surface area contributed by atoms with E-state index in [-0.39, 0.29) is 47.6 Å². The zero-order valence-corrected chi connectivity index (χ0v) is 17.0. The number of carbonyl (C=O) groups is 3. The molecule has 8 heteroatoms. The van der Waals surface area contributed by atoms with Crippen molar-refractivity contribution in [1.82, 2.24) is 5.32 Å². The molecule has 0 spiro atoms. The van der Waals surface area contributed by atoms with Crippen LogP contribution in [0.15, 0.2) is 18.2 Å². The molecule has 0 saturated carbocycles. The summed E-state index contributed by atoms with van der Waals surface area (Å²) in [4.78, 5) is 35.6. The van der Waals surface area contributed by atoms with E-state index in [9.17, 15) is 19.5 Å². The van der Waals surface area contributed by atoms with Gasteiger partial charge in [-0.25, -0.2) is 4.79 Å². The third-order valence-electron chi connectivity index (χ3n) is 3.78. The summed E-state index contributed by atoms with van der Waals surface area (Å²) in [6, 6.07) is 4.31. The Balaban J connectivity index is 2.92. The highest BCUT2D eigenvalue weighted by Gasteiger charge is 2.19. The summed E-state index contributed by atoms with van der Waals surface area (Å²) in [7, 11) is 2.48. The zero-order chi connectivity index (χ0) is 21.3. The van der Waals surface area contributed by atoms with E-state index in [1.165, 1.54) is 32.4 Å². The van der Waals surface area contributed by atoms with Crippen LogP contribution in [-0.4, -0.2) is 61.8 Å². The molecule has 156 valence electrons. The molecule has 0 bridgehead atoms. The Morgan fingerprint density at radius 2 is 1.79 bits per heavy atom. The van der Waals surface area contributed by atoms with Gasteiger partial charge in [-0.15, -0.1) is 0 Å². The Morgan fingerprint density at radius 1 is 1.11 bits per heavy atom. The van der Waals surface area contributed by atoms with Crippen molar-refractivity contribution in [3.63, 3.8) is 0 Å². The normalized spacial score (nSPS) is 12.2. The highest BCUT2D eigenvalue weighted by Crippen LogP contribution is 2.23. The summed E-state index contributed by atoms with van der Waals surface area (Å²) < 4.78 is 14.8. The van der Waals surface area contributed by atoms with Crippen molar-refractivity contribution < 1.29 is 33.7 Å². The molecule has 8 nitrogen and oxygen atoms in total. The molecule has 0 heterocycles. The van der Waals surface area contributed by atoms with Crippen LogP contribution in [0.1, 0.15) is 54.3 Å². The maximum Gasteiger partial charge on any atom is 0.337 e. The number of nitrogens with one attached hydrogen (secondary N) is 1. The minimum Gasteiger partial charge on any atom is -0.490 e. The van der Waals surface area contributed by atoms with Gasteiger partial charge < -0.3 is 24.6 Å². The quantitative estimate of drug-likeness (QED) is 0.455. The van der Waals surface area contributed by atoms with Crippen LogP contribution in [0, 0.1) is 0 Å². The van der Waals surface area contributed by atoms with Gasteiger partial charge in [-0.2, -0.15) is 0 Å². The number of Topliss-reactive ketones (excluding diaryl/α,β-unsaturated/α-hetero) is 1. The third kappa shape index (κ3) is 8.06. The van der Waals surface area contributed by atoms with Gasteiger partial charge in [0.2, 0.25) is 0 Å². The van der Waals surface area contributed by atoms with E-state index in [4.69, 9.17) is 4.74 Å². The van der Waals surface area contributed by atoms with Crippen LogP contribution in [0.2, 0.25) is 0 Å². The van der Waals surface area contributed by atoms with Crippen LogP contribution in [0.5, 0.6) is 5.75 Å². The number of benzene rings is 1. The minimum atomic E-state index is -0.794. The van der Waals surface area contributed by atoms with Crippen molar-refractivity contribution in [2.75, 3.05) is 27.4 Å². The SMILES string of the molecule is COC(=O)CCC(=O)c1cc(C(=O)OC)ccc1OCC(O)CNC(C)(C)C. The highest BCUT2D eigenvalue weighted by atomic mass is 16.5. The number of carbonyl (C=O) groups excluding carboxylic acids is 3. The molecule has 0 aromatic heterocycles. The first kappa shape index (κ1) is 23.6. The predicted octanol–water partition coefficient (Wildman–Crippen LogP) is 1.74. The molecule has 1 aromatic rings. The van der Waals surface area contributed by atoms with Crippen LogP contribution in [0.4, 0.5) is 0 Å². The number of hydrogen-bond acceptors (Lipinski definition) is 8. The fourth-order valence-electron chi connectivity index (χ4n) is 2.24. The van der Waals surface area contributed by atoms with Crippen molar-refractivity contribution >= 4 is 17.7 Å². The van der Waals surface area contributed by atoms with Crippen molar-refractivity contribution in [1.29, 1.82) is 0 Å². The standard InChI is InChI=1S/C20H29NO7/c1-20(2,3)21-11-14(22)12-28-17-8-6-13(19(25)27-5)10-15(17)16(23)7-9-18(24)26-4/h6,8,10,14,21-22H,7,9,11-12H2,1-5H3. The molecule has 2 N–H and O–H groups in total. The van der Waals surface area contributed by atoms with Crippen LogP contribution >= 0.6 is 0 Å². The molecule has 0 fully saturated rings. The van der Waals surface area contributed by atoms with Gasteiger partial charge in [0.1, 0.15) is 18.5 Å². The molecule has 1 atom stereocenters. The van der Waals surface area contributed by atoms with E-state index in [2.05, 4.69) is 14.8 Å². The van der Waals surface area contributed by atoms with Gasteiger partial charge in [-0.05, 0) is 39.0 Å². The van der Waals surface area contributed by atoms with E-state index in [0.29, 0.717) is 6.54 Å². The Bertz CT molecular complexity index is 694. The molecule has 0 amide bonds. The average molecular weight is 395 g/mol. The average Bonchev–Trinajstić information content (AvgIpc) is 2.67. The molecule has 1 unspecified atom stereocenters. The van der Waals surface area contributed by atoms with E-state index in [1.807, 2.05) is 20.8 Å².